The zero-order valence-corrected chi connectivity index (χ0v) is 33.7. The van der Waals surface area contributed by atoms with Crippen molar-refractivity contribution in [1.29, 1.82) is 0 Å². The highest BCUT2D eigenvalue weighted by molar-refractivity contribution is 5.98. The second kappa shape index (κ2) is 19.0. The Hall–Kier alpha value is -5.67. The highest BCUT2D eigenvalue weighted by Gasteiger charge is 2.45. The van der Waals surface area contributed by atoms with Gasteiger partial charge in [0.05, 0.1) is 0 Å². The summed E-state index contributed by atoms with van der Waals surface area (Å²) in [5.41, 5.74) is 2.16. The van der Waals surface area contributed by atoms with Gasteiger partial charge in [-0.05, 0) is 75.3 Å². The van der Waals surface area contributed by atoms with Crippen molar-refractivity contribution in [2.24, 2.45) is 5.92 Å². The SMILES string of the molecule is CCCN1C(=O)[C@@H]2CCCN2C(=O)[C@@H](NC(=O)[C@H](Cc2ccccc2)NC(=O)Nc2ccc(N(C)C)cc2)COC(=O)[C@@H]2C[C@@H](C)CN2C(=O)[C@H](C)NC(=O)[C@@H]1C. The van der Waals surface area contributed by atoms with Gasteiger partial charge in [0.15, 0.2) is 0 Å². The highest BCUT2D eigenvalue weighted by Crippen LogP contribution is 2.26. The number of cyclic esters (lactones) is 1. The summed E-state index contributed by atoms with van der Waals surface area (Å²) in [5, 5.41) is 11.0. The summed E-state index contributed by atoms with van der Waals surface area (Å²) in [5.74, 6) is -3.65. The van der Waals surface area contributed by atoms with Crippen LogP contribution in [0.5, 0.6) is 0 Å². The molecule has 7 amide bonds. The van der Waals surface area contributed by atoms with E-state index in [4.69, 9.17) is 4.74 Å². The number of benzene rings is 2. The van der Waals surface area contributed by atoms with Gasteiger partial charge in [-0.1, -0.05) is 44.2 Å². The fraction of sp³-hybridized carbons (Fsp3) is 0.537. The van der Waals surface area contributed by atoms with Crippen molar-refractivity contribution in [2.75, 3.05) is 50.6 Å². The highest BCUT2D eigenvalue weighted by atomic mass is 16.5. The second-order valence-corrected chi connectivity index (χ2v) is 15.4. The van der Waals surface area contributed by atoms with E-state index in [9.17, 15) is 33.6 Å². The van der Waals surface area contributed by atoms with E-state index in [0.29, 0.717) is 31.4 Å². The van der Waals surface area contributed by atoms with Gasteiger partial charge in [-0.3, -0.25) is 24.0 Å². The number of urea groups is 1. The summed E-state index contributed by atoms with van der Waals surface area (Å²) < 4.78 is 5.75. The first-order valence-electron chi connectivity index (χ1n) is 19.8. The number of fused-ring (bicyclic) bond motifs is 2. The lowest BCUT2D eigenvalue weighted by Gasteiger charge is -2.36. The monoisotopic (exact) mass is 788 g/mol. The molecule has 3 heterocycles. The zero-order valence-electron chi connectivity index (χ0n) is 33.7. The van der Waals surface area contributed by atoms with Crippen LogP contribution in [-0.2, 0) is 39.9 Å². The summed E-state index contributed by atoms with van der Waals surface area (Å²) in [7, 11) is 3.80. The number of hydrogen-bond acceptors (Lipinski definition) is 9. The molecule has 16 nitrogen and oxygen atoms in total. The first-order chi connectivity index (χ1) is 27.2. The number of nitrogens with zero attached hydrogens (tertiary/aromatic N) is 4. The van der Waals surface area contributed by atoms with Gasteiger partial charge in [-0.15, -0.1) is 0 Å². The fourth-order valence-corrected chi connectivity index (χ4v) is 7.65. The fourth-order valence-electron chi connectivity index (χ4n) is 7.65. The van der Waals surface area contributed by atoms with Gasteiger partial charge in [0.1, 0.15) is 42.9 Å². The summed E-state index contributed by atoms with van der Waals surface area (Å²) in [6, 6.07) is 8.99. The third-order valence-electron chi connectivity index (χ3n) is 10.8. The minimum absolute atomic E-state index is 0.0579. The van der Waals surface area contributed by atoms with Gasteiger partial charge >= 0.3 is 12.0 Å². The molecule has 5 rings (SSSR count). The average Bonchev–Trinajstić information content (AvgIpc) is 3.84. The first-order valence-corrected chi connectivity index (χ1v) is 19.8. The molecule has 3 aliphatic heterocycles. The molecule has 0 spiro atoms. The van der Waals surface area contributed by atoms with Crippen LogP contribution in [0.15, 0.2) is 54.6 Å². The number of amides is 7. The lowest BCUT2D eigenvalue weighted by Crippen LogP contribution is -2.61. The predicted octanol–water partition coefficient (Wildman–Crippen LogP) is 1.89. The van der Waals surface area contributed by atoms with E-state index in [2.05, 4.69) is 21.3 Å². The Balaban J connectivity index is 1.45. The van der Waals surface area contributed by atoms with Crippen LogP contribution in [0.25, 0.3) is 0 Å². The van der Waals surface area contributed by atoms with Crippen molar-refractivity contribution in [1.82, 2.24) is 30.7 Å². The van der Waals surface area contributed by atoms with Crippen LogP contribution in [0, 0.1) is 5.92 Å². The quantitative estimate of drug-likeness (QED) is 0.275. The van der Waals surface area contributed by atoms with E-state index in [1.54, 1.807) is 43.3 Å². The van der Waals surface area contributed by atoms with Gasteiger partial charge < -0.3 is 45.6 Å². The molecule has 0 saturated carbocycles. The third-order valence-corrected chi connectivity index (χ3v) is 10.8. The number of carbonyl (C=O) groups excluding carboxylic acids is 7. The minimum atomic E-state index is -1.45. The number of ether oxygens (including phenoxy) is 1. The smallest absolute Gasteiger partial charge is 0.328 e. The minimum Gasteiger partial charge on any atom is -0.461 e. The van der Waals surface area contributed by atoms with E-state index in [1.807, 2.05) is 51.0 Å². The molecule has 0 bridgehead atoms. The molecule has 0 unspecified atom stereocenters. The van der Waals surface area contributed by atoms with Gasteiger partial charge in [0.25, 0.3) is 0 Å². The molecule has 3 aliphatic rings. The van der Waals surface area contributed by atoms with Crippen LogP contribution < -0.4 is 26.2 Å². The Bertz CT molecular complexity index is 1790. The Morgan fingerprint density at radius 1 is 0.912 bits per heavy atom. The van der Waals surface area contributed by atoms with Gasteiger partial charge in [-0.2, -0.15) is 0 Å². The summed E-state index contributed by atoms with van der Waals surface area (Å²) in [4.78, 5) is 103. The maximum atomic E-state index is 14.5. The number of esters is 1. The summed E-state index contributed by atoms with van der Waals surface area (Å²) >= 11 is 0. The summed E-state index contributed by atoms with van der Waals surface area (Å²) in [6.07, 6.45) is 1.70. The molecule has 4 N–H and O–H groups in total. The van der Waals surface area contributed by atoms with Crippen molar-refractivity contribution >= 4 is 52.9 Å². The van der Waals surface area contributed by atoms with Crippen LogP contribution in [0.2, 0.25) is 0 Å². The Morgan fingerprint density at radius 2 is 1.61 bits per heavy atom. The molecule has 0 radical (unpaired) electrons. The van der Waals surface area contributed by atoms with Crippen LogP contribution in [0.3, 0.4) is 0 Å². The number of carbonyl (C=O) groups is 7. The van der Waals surface area contributed by atoms with Gasteiger partial charge in [0.2, 0.25) is 29.5 Å². The molecule has 16 heteroatoms. The molecule has 57 heavy (non-hydrogen) atoms. The molecule has 308 valence electrons. The van der Waals surface area contributed by atoms with Crippen LogP contribution in [0.1, 0.15) is 58.9 Å². The maximum absolute atomic E-state index is 14.5. The number of rotatable bonds is 9. The van der Waals surface area contributed by atoms with Gasteiger partial charge in [-0.25, -0.2) is 9.59 Å². The van der Waals surface area contributed by atoms with Crippen molar-refractivity contribution in [2.45, 2.75) is 96.1 Å². The molecule has 0 aliphatic carbocycles. The van der Waals surface area contributed by atoms with Crippen molar-refractivity contribution in [3.05, 3.63) is 60.2 Å². The summed E-state index contributed by atoms with van der Waals surface area (Å²) in [6.45, 7) is 6.97. The van der Waals surface area contributed by atoms with E-state index < -0.39 is 84.4 Å². The molecule has 2 aromatic rings. The largest absolute Gasteiger partial charge is 0.461 e. The Labute approximate surface area is 334 Å². The van der Waals surface area contributed by atoms with Crippen LogP contribution in [-0.4, -0.2) is 133 Å². The number of hydrogen-bond donors (Lipinski definition) is 4. The van der Waals surface area contributed by atoms with Gasteiger partial charge in [0, 0.05) is 51.5 Å². The molecular formula is C41H56N8O8. The van der Waals surface area contributed by atoms with E-state index >= 15 is 0 Å². The normalized spacial score (nSPS) is 25.2. The topological polar surface area (TPSA) is 190 Å². The van der Waals surface area contributed by atoms with E-state index in [-0.39, 0.29) is 32.0 Å². The molecule has 3 saturated heterocycles. The zero-order chi connectivity index (χ0) is 41.4. The average molecular weight is 789 g/mol. The lowest BCUT2D eigenvalue weighted by molar-refractivity contribution is -0.158. The predicted molar refractivity (Wildman–Crippen MR) is 213 cm³/mol. The molecular weight excluding hydrogens is 732 g/mol. The van der Waals surface area contributed by atoms with Crippen molar-refractivity contribution in [3.8, 4) is 0 Å². The third kappa shape index (κ3) is 10.4. The number of nitrogens with one attached hydrogen (secondary N) is 4. The molecule has 2 aromatic carbocycles. The van der Waals surface area contributed by atoms with Crippen molar-refractivity contribution < 1.29 is 38.3 Å². The van der Waals surface area contributed by atoms with Crippen LogP contribution in [0.4, 0.5) is 16.2 Å². The van der Waals surface area contributed by atoms with Crippen LogP contribution >= 0.6 is 0 Å². The van der Waals surface area contributed by atoms with E-state index in [0.717, 1.165) is 11.3 Å². The Morgan fingerprint density at radius 3 is 2.28 bits per heavy atom. The maximum Gasteiger partial charge on any atom is 0.328 e. The Kier molecular flexibility index (Phi) is 14.1. The van der Waals surface area contributed by atoms with E-state index in [1.165, 1.54) is 21.6 Å². The number of anilines is 2. The molecule has 3 fully saturated rings. The molecule has 0 aromatic heterocycles. The van der Waals surface area contributed by atoms with Crippen molar-refractivity contribution in [3.63, 3.8) is 0 Å². The standard InChI is InChI=1S/C41H56N8O8/c1-7-19-47-27(4)35(50)42-26(3)37(52)49-23-25(2)21-34(49)40(55)57-24-32(38(53)48-20-11-14-33(48)39(47)54)44-36(51)31(22-28-12-9-8-10-13-28)45-41(56)43-29-15-17-30(18-16-29)46(5)6/h8-10,12-13,15-18,25-27,31-34H,7,11,14,19-24H2,1-6H3,(H,42,50)(H,44,51)(H2,43,45,56)/t25-,26+,27+,31+,32+,33+,34+/m1/s1. The first kappa shape index (κ1) is 42.5. The lowest BCUT2D eigenvalue weighted by atomic mass is 10.0. The molecule has 7 atom stereocenters. The second-order valence-electron chi connectivity index (χ2n) is 15.4.